The maximum Gasteiger partial charge on any atom is 0.160 e. The molecule has 3 aromatic heterocycles. The second kappa shape index (κ2) is 7.16. The van der Waals surface area contributed by atoms with E-state index >= 15 is 0 Å². The zero-order chi connectivity index (χ0) is 21.8. The van der Waals surface area contributed by atoms with E-state index in [1.165, 1.54) is 6.07 Å². The van der Waals surface area contributed by atoms with Crippen LogP contribution in [-0.2, 0) is 12.6 Å². The minimum Gasteiger partial charge on any atom is -0.385 e. The molecular formula is C23H25FN6O. The van der Waals surface area contributed by atoms with Gasteiger partial charge in [0.25, 0.3) is 0 Å². The number of piperidine rings is 1. The number of fused-ring (bicyclic) bond motifs is 1. The summed E-state index contributed by atoms with van der Waals surface area (Å²) >= 11 is 0. The van der Waals surface area contributed by atoms with E-state index in [0.717, 1.165) is 34.2 Å². The molecule has 4 aromatic rings. The molecule has 0 radical (unpaired) electrons. The molecule has 160 valence electrons. The van der Waals surface area contributed by atoms with E-state index < -0.39 is 5.60 Å². The fourth-order valence-corrected chi connectivity index (χ4v) is 4.47. The summed E-state index contributed by atoms with van der Waals surface area (Å²) in [4.78, 5) is 11.3. The lowest BCUT2D eigenvalue weighted by molar-refractivity contribution is 0.00829. The fraction of sp³-hybridized carbons (Fsp3) is 0.348. The molecular weight excluding hydrogens is 395 g/mol. The van der Waals surface area contributed by atoms with Crippen LogP contribution in [0, 0.1) is 19.7 Å². The number of halogens is 1. The average Bonchev–Trinajstić information content (AvgIpc) is 3.36. The fourth-order valence-electron chi connectivity index (χ4n) is 4.47. The smallest absolute Gasteiger partial charge is 0.160 e. The summed E-state index contributed by atoms with van der Waals surface area (Å²) in [6.07, 6.45) is 4.50. The molecule has 8 heteroatoms. The lowest BCUT2D eigenvalue weighted by Gasteiger charge is -2.40. The summed E-state index contributed by atoms with van der Waals surface area (Å²) in [5, 5.41) is 16.0. The van der Waals surface area contributed by atoms with Crippen LogP contribution in [-0.4, -0.2) is 42.3 Å². The Morgan fingerprint density at radius 2 is 1.87 bits per heavy atom. The minimum atomic E-state index is -1.17. The van der Waals surface area contributed by atoms with E-state index in [1.54, 1.807) is 24.4 Å². The first-order chi connectivity index (χ1) is 14.9. The number of imidazole rings is 1. The van der Waals surface area contributed by atoms with Gasteiger partial charge in [-0.1, -0.05) is 18.2 Å². The van der Waals surface area contributed by atoms with Crippen molar-refractivity contribution in [2.75, 3.05) is 18.0 Å². The van der Waals surface area contributed by atoms with E-state index in [9.17, 15) is 9.50 Å². The highest BCUT2D eigenvalue weighted by molar-refractivity contribution is 5.63. The van der Waals surface area contributed by atoms with Crippen molar-refractivity contribution in [3.8, 4) is 11.5 Å². The predicted molar refractivity (Wildman–Crippen MR) is 116 cm³/mol. The van der Waals surface area contributed by atoms with Gasteiger partial charge in [0.05, 0.1) is 5.60 Å². The van der Waals surface area contributed by atoms with Crippen molar-refractivity contribution in [2.45, 2.75) is 32.3 Å². The van der Waals surface area contributed by atoms with E-state index in [0.29, 0.717) is 31.5 Å². The predicted octanol–water partition coefficient (Wildman–Crippen LogP) is 3.37. The molecule has 1 aliphatic rings. The molecule has 0 spiro atoms. The van der Waals surface area contributed by atoms with Gasteiger partial charge < -0.3 is 14.6 Å². The molecule has 5 rings (SSSR count). The van der Waals surface area contributed by atoms with Crippen LogP contribution < -0.4 is 4.90 Å². The molecule has 0 atom stereocenters. The zero-order valence-electron chi connectivity index (χ0n) is 17.9. The Balaban J connectivity index is 1.52. The Morgan fingerprint density at radius 1 is 1.13 bits per heavy atom. The number of nitrogens with zero attached hydrogens (tertiary/aromatic N) is 6. The van der Waals surface area contributed by atoms with Crippen LogP contribution in [0.5, 0.6) is 0 Å². The van der Waals surface area contributed by atoms with Crippen molar-refractivity contribution in [1.29, 1.82) is 0 Å². The highest BCUT2D eigenvalue weighted by Crippen LogP contribution is 2.37. The van der Waals surface area contributed by atoms with Gasteiger partial charge in [0.2, 0.25) is 0 Å². The quantitative estimate of drug-likeness (QED) is 0.550. The van der Waals surface area contributed by atoms with Crippen LogP contribution in [0.15, 0.2) is 42.7 Å². The van der Waals surface area contributed by atoms with Crippen molar-refractivity contribution in [2.24, 2.45) is 7.05 Å². The molecule has 7 nitrogen and oxygen atoms in total. The van der Waals surface area contributed by atoms with Gasteiger partial charge in [-0.2, -0.15) is 9.61 Å². The van der Waals surface area contributed by atoms with Gasteiger partial charge in [-0.15, -0.1) is 0 Å². The normalized spacial score (nSPS) is 16.2. The van der Waals surface area contributed by atoms with Gasteiger partial charge in [-0.3, -0.25) is 0 Å². The Morgan fingerprint density at radius 3 is 2.55 bits per heavy atom. The summed E-state index contributed by atoms with van der Waals surface area (Å²) in [6.45, 7) is 5.20. The minimum absolute atomic E-state index is 0.358. The van der Waals surface area contributed by atoms with E-state index in [-0.39, 0.29) is 5.82 Å². The molecule has 1 saturated heterocycles. The van der Waals surface area contributed by atoms with Crippen molar-refractivity contribution < 1.29 is 9.50 Å². The molecule has 1 aliphatic heterocycles. The molecule has 0 bridgehead atoms. The zero-order valence-corrected chi connectivity index (χ0v) is 17.9. The molecule has 31 heavy (non-hydrogen) atoms. The summed E-state index contributed by atoms with van der Waals surface area (Å²) < 4.78 is 18.1. The maximum absolute atomic E-state index is 14.3. The molecule has 0 amide bonds. The molecule has 1 N–H and O–H groups in total. The van der Waals surface area contributed by atoms with Gasteiger partial charge in [0.1, 0.15) is 17.3 Å². The first-order valence-electron chi connectivity index (χ1n) is 10.4. The molecule has 0 aliphatic carbocycles. The third-order valence-corrected chi connectivity index (χ3v) is 6.37. The second-order valence-electron chi connectivity index (χ2n) is 8.31. The number of hydrogen-bond donors (Lipinski definition) is 1. The molecule has 1 fully saturated rings. The van der Waals surface area contributed by atoms with Crippen LogP contribution in [0.3, 0.4) is 0 Å². The largest absolute Gasteiger partial charge is 0.385 e. The number of aryl methyl sites for hydroxylation is 2. The van der Waals surface area contributed by atoms with Crippen molar-refractivity contribution in [1.82, 2.24) is 24.1 Å². The molecule has 1 aromatic carbocycles. The highest BCUT2D eigenvalue weighted by Gasteiger charge is 2.37. The van der Waals surface area contributed by atoms with Crippen LogP contribution in [0.4, 0.5) is 10.2 Å². The number of aromatic nitrogens is 5. The van der Waals surface area contributed by atoms with E-state index in [1.807, 2.05) is 42.2 Å². The van der Waals surface area contributed by atoms with E-state index in [4.69, 9.17) is 10.1 Å². The Labute approximate surface area is 179 Å². The van der Waals surface area contributed by atoms with Crippen LogP contribution in [0.2, 0.25) is 0 Å². The molecule has 0 saturated carbocycles. The number of rotatable bonds is 3. The van der Waals surface area contributed by atoms with Crippen molar-refractivity contribution in [3.05, 3.63) is 65.4 Å². The SMILES string of the molecule is Cc1nc2cc(-c3nccn3C)nn2c(N2CCC(O)(c3ccccc3F)CC2)c1C. The average molecular weight is 420 g/mol. The van der Waals surface area contributed by atoms with Crippen molar-refractivity contribution >= 4 is 11.5 Å². The Kier molecular flexibility index (Phi) is 4.55. The summed E-state index contributed by atoms with van der Waals surface area (Å²) in [6, 6.07) is 8.44. The maximum atomic E-state index is 14.3. The second-order valence-corrected chi connectivity index (χ2v) is 8.31. The van der Waals surface area contributed by atoms with Gasteiger partial charge in [0, 0.05) is 55.4 Å². The van der Waals surface area contributed by atoms with Crippen LogP contribution >= 0.6 is 0 Å². The van der Waals surface area contributed by atoms with Crippen molar-refractivity contribution in [3.63, 3.8) is 0 Å². The van der Waals surface area contributed by atoms with E-state index in [2.05, 4.69) is 9.88 Å². The van der Waals surface area contributed by atoms with Gasteiger partial charge >= 0.3 is 0 Å². The van der Waals surface area contributed by atoms with Gasteiger partial charge in [-0.05, 0) is 32.8 Å². The van der Waals surface area contributed by atoms with Gasteiger partial charge in [-0.25, -0.2) is 14.4 Å². The first kappa shape index (κ1) is 19.7. The summed E-state index contributed by atoms with van der Waals surface area (Å²) in [5.41, 5.74) is 2.69. The third kappa shape index (κ3) is 3.18. The molecule has 0 unspecified atom stereocenters. The van der Waals surface area contributed by atoms with Crippen LogP contribution in [0.25, 0.3) is 17.2 Å². The molecule has 4 heterocycles. The number of anilines is 1. The van der Waals surface area contributed by atoms with Gasteiger partial charge in [0.15, 0.2) is 11.5 Å². The van der Waals surface area contributed by atoms with Crippen LogP contribution in [0.1, 0.15) is 29.7 Å². The number of hydrogen-bond acceptors (Lipinski definition) is 5. The lowest BCUT2D eigenvalue weighted by Crippen LogP contribution is -2.44. The summed E-state index contributed by atoms with van der Waals surface area (Å²) in [5.74, 6) is 1.38. The standard InChI is InChI=1S/C23H25FN6O/c1-15-16(2)26-20-14-19(21-25-10-13-28(21)3)27-30(20)22(15)29-11-8-23(31,9-12-29)17-6-4-5-7-18(17)24/h4-7,10,13-14,31H,8-9,11-12H2,1-3H3. The third-order valence-electron chi connectivity index (χ3n) is 6.37. The first-order valence-corrected chi connectivity index (χ1v) is 10.4. The summed E-state index contributed by atoms with van der Waals surface area (Å²) in [7, 11) is 1.94. The Bertz CT molecular complexity index is 1270. The lowest BCUT2D eigenvalue weighted by atomic mass is 9.84. The monoisotopic (exact) mass is 420 g/mol. The Hall–Kier alpha value is -3.26. The highest BCUT2D eigenvalue weighted by atomic mass is 19.1. The number of aliphatic hydroxyl groups is 1. The number of benzene rings is 1. The topological polar surface area (TPSA) is 71.5 Å².